The highest BCUT2D eigenvalue weighted by atomic mass is 32.2. The smallest absolute Gasteiger partial charge is 0.201 e. The fourth-order valence-electron chi connectivity index (χ4n) is 1.50. The molecular weight excluding hydrogens is 270 g/mol. The van der Waals surface area contributed by atoms with Crippen LogP contribution < -0.4 is 0 Å². The molecular formula is C12H12F2N4S. The molecule has 4 nitrogen and oxygen atoms in total. The predicted octanol–water partition coefficient (Wildman–Crippen LogP) is 3.13. The van der Waals surface area contributed by atoms with Crippen molar-refractivity contribution < 1.29 is 8.78 Å². The minimum absolute atomic E-state index is 0.333. The third-order valence-corrected chi connectivity index (χ3v) is 3.13. The highest BCUT2D eigenvalue weighted by Crippen LogP contribution is 2.21. The van der Waals surface area contributed by atoms with Crippen LogP contribution >= 0.6 is 11.8 Å². The van der Waals surface area contributed by atoms with E-state index >= 15 is 0 Å². The molecule has 0 bridgehead atoms. The number of aromatic nitrogens is 3. The molecule has 19 heavy (non-hydrogen) atoms. The minimum Gasteiger partial charge on any atom is -0.201 e. The maximum Gasteiger partial charge on any atom is 0.299 e. The Morgan fingerprint density at radius 1 is 1.32 bits per heavy atom. The van der Waals surface area contributed by atoms with E-state index in [-0.39, 0.29) is 0 Å². The van der Waals surface area contributed by atoms with Crippen LogP contribution in [0.5, 0.6) is 0 Å². The maximum absolute atomic E-state index is 12.8. The van der Waals surface area contributed by atoms with Crippen molar-refractivity contribution in [2.45, 2.75) is 18.5 Å². The van der Waals surface area contributed by atoms with Crippen LogP contribution in [-0.4, -0.2) is 27.3 Å². The zero-order chi connectivity index (χ0) is 13.8. The van der Waals surface area contributed by atoms with Gasteiger partial charge in [0, 0.05) is 0 Å². The first-order chi connectivity index (χ1) is 9.13. The molecule has 0 saturated heterocycles. The Balaban J connectivity index is 2.37. The van der Waals surface area contributed by atoms with E-state index in [1.54, 1.807) is 6.26 Å². The second-order valence-corrected chi connectivity index (χ2v) is 4.53. The molecule has 0 aliphatic rings. The molecule has 0 amide bonds. The van der Waals surface area contributed by atoms with Gasteiger partial charge in [0.2, 0.25) is 11.0 Å². The summed E-state index contributed by atoms with van der Waals surface area (Å²) in [5, 5.41) is 11.5. The quantitative estimate of drug-likeness (QED) is 0.639. The van der Waals surface area contributed by atoms with Gasteiger partial charge in [0.25, 0.3) is 6.43 Å². The van der Waals surface area contributed by atoms with Crippen molar-refractivity contribution in [2.75, 3.05) is 6.26 Å². The lowest BCUT2D eigenvalue weighted by molar-refractivity contribution is 0.135. The van der Waals surface area contributed by atoms with Gasteiger partial charge in [-0.25, -0.2) is 8.78 Å². The average molecular weight is 282 g/mol. The lowest BCUT2D eigenvalue weighted by Gasteiger charge is -2.02. The van der Waals surface area contributed by atoms with Crippen LogP contribution in [0, 0.1) is 6.92 Å². The third-order valence-electron chi connectivity index (χ3n) is 2.51. The standard InChI is InChI=1S/C12H12F2N4S/c1-8-5-3-4-6-9(8)7-15-18-11(10(13)14)16-17-12(18)19-2/h3-7,10H,1-2H3/b15-7+. The van der Waals surface area contributed by atoms with Gasteiger partial charge in [-0.1, -0.05) is 36.0 Å². The molecule has 100 valence electrons. The van der Waals surface area contributed by atoms with Crippen LogP contribution in [0.1, 0.15) is 23.4 Å². The number of hydrogen-bond donors (Lipinski definition) is 0. The van der Waals surface area contributed by atoms with Gasteiger partial charge in [-0.2, -0.15) is 9.78 Å². The number of thioether (sulfide) groups is 1. The van der Waals surface area contributed by atoms with Crippen LogP contribution in [0.25, 0.3) is 0 Å². The number of nitrogens with zero attached hydrogens (tertiary/aromatic N) is 4. The summed E-state index contributed by atoms with van der Waals surface area (Å²) in [4.78, 5) is 0. The monoisotopic (exact) mass is 282 g/mol. The van der Waals surface area contributed by atoms with Gasteiger partial charge in [-0.3, -0.25) is 0 Å². The summed E-state index contributed by atoms with van der Waals surface area (Å²) < 4.78 is 26.6. The SMILES string of the molecule is CSc1nnc(C(F)F)n1/N=C/c1ccccc1C. The predicted molar refractivity (Wildman–Crippen MR) is 70.9 cm³/mol. The molecule has 0 radical (unpaired) electrons. The van der Waals surface area contributed by atoms with Crippen molar-refractivity contribution in [3.8, 4) is 0 Å². The first-order valence-corrected chi connectivity index (χ1v) is 6.73. The van der Waals surface area contributed by atoms with Gasteiger partial charge in [0.15, 0.2) is 0 Å². The van der Waals surface area contributed by atoms with Crippen LogP contribution in [0.2, 0.25) is 0 Å². The normalized spacial score (nSPS) is 11.6. The maximum atomic E-state index is 12.8. The first kappa shape index (κ1) is 13.7. The van der Waals surface area contributed by atoms with Crippen molar-refractivity contribution >= 4 is 18.0 Å². The number of halogens is 2. The van der Waals surface area contributed by atoms with Crippen LogP contribution in [0.3, 0.4) is 0 Å². The second-order valence-electron chi connectivity index (χ2n) is 3.76. The molecule has 1 heterocycles. The zero-order valence-corrected chi connectivity index (χ0v) is 11.2. The van der Waals surface area contributed by atoms with Gasteiger partial charge in [0.1, 0.15) is 0 Å². The molecule has 0 N–H and O–H groups in total. The summed E-state index contributed by atoms with van der Waals surface area (Å²) in [7, 11) is 0. The lowest BCUT2D eigenvalue weighted by atomic mass is 10.1. The molecule has 1 aromatic heterocycles. The van der Waals surface area contributed by atoms with Gasteiger partial charge in [-0.15, -0.1) is 10.2 Å². The summed E-state index contributed by atoms with van der Waals surface area (Å²) in [6, 6.07) is 7.56. The van der Waals surface area contributed by atoms with Crippen molar-refractivity contribution in [2.24, 2.45) is 5.10 Å². The van der Waals surface area contributed by atoms with Crippen LogP contribution in [0.15, 0.2) is 34.5 Å². The van der Waals surface area contributed by atoms with Gasteiger partial charge < -0.3 is 0 Å². The molecule has 0 aliphatic heterocycles. The second kappa shape index (κ2) is 5.92. The van der Waals surface area contributed by atoms with E-state index in [1.807, 2.05) is 31.2 Å². The summed E-state index contributed by atoms with van der Waals surface area (Å²) >= 11 is 1.22. The average Bonchev–Trinajstić information content (AvgIpc) is 2.81. The van der Waals surface area contributed by atoms with Gasteiger partial charge in [-0.05, 0) is 24.3 Å². The van der Waals surface area contributed by atoms with Gasteiger partial charge >= 0.3 is 0 Å². The number of alkyl halides is 2. The van der Waals surface area contributed by atoms with Crippen LogP contribution in [-0.2, 0) is 0 Å². The Kier molecular flexibility index (Phi) is 4.26. The fourth-order valence-corrected chi connectivity index (χ4v) is 1.94. The first-order valence-electron chi connectivity index (χ1n) is 5.51. The summed E-state index contributed by atoms with van der Waals surface area (Å²) in [5.74, 6) is -0.450. The Morgan fingerprint density at radius 2 is 2.05 bits per heavy atom. The fraction of sp³-hybridized carbons (Fsp3) is 0.250. The molecule has 0 saturated carbocycles. The lowest BCUT2D eigenvalue weighted by Crippen LogP contribution is -2.01. The van der Waals surface area contributed by atoms with E-state index in [9.17, 15) is 8.78 Å². The number of rotatable bonds is 4. The van der Waals surface area contributed by atoms with E-state index in [0.29, 0.717) is 5.16 Å². The third kappa shape index (κ3) is 2.98. The van der Waals surface area contributed by atoms with Crippen molar-refractivity contribution in [1.82, 2.24) is 14.9 Å². The molecule has 0 atom stereocenters. The van der Waals surface area contributed by atoms with E-state index in [1.165, 1.54) is 18.0 Å². The number of hydrogen-bond acceptors (Lipinski definition) is 4. The van der Waals surface area contributed by atoms with Crippen LogP contribution in [0.4, 0.5) is 8.78 Å². The minimum atomic E-state index is -2.71. The highest BCUT2D eigenvalue weighted by Gasteiger charge is 2.19. The largest absolute Gasteiger partial charge is 0.299 e. The molecule has 2 rings (SSSR count). The zero-order valence-electron chi connectivity index (χ0n) is 10.4. The summed E-state index contributed by atoms with van der Waals surface area (Å²) in [5.41, 5.74) is 1.88. The van der Waals surface area contributed by atoms with Crippen molar-refractivity contribution in [3.63, 3.8) is 0 Å². The molecule has 0 fully saturated rings. The van der Waals surface area contributed by atoms with E-state index < -0.39 is 12.2 Å². The molecule has 0 spiro atoms. The number of benzene rings is 1. The Hall–Kier alpha value is -1.76. The van der Waals surface area contributed by atoms with E-state index in [2.05, 4.69) is 15.3 Å². The van der Waals surface area contributed by atoms with Crippen molar-refractivity contribution in [3.05, 3.63) is 41.2 Å². The Labute approximate surface area is 113 Å². The molecule has 1 aromatic carbocycles. The number of aryl methyl sites for hydroxylation is 1. The van der Waals surface area contributed by atoms with E-state index in [0.717, 1.165) is 15.8 Å². The van der Waals surface area contributed by atoms with E-state index in [4.69, 9.17) is 0 Å². The molecule has 0 unspecified atom stereocenters. The highest BCUT2D eigenvalue weighted by molar-refractivity contribution is 7.98. The molecule has 7 heteroatoms. The van der Waals surface area contributed by atoms with Gasteiger partial charge in [0.05, 0.1) is 6.21 Å². The molecule has 2 aromatic rings. The Morgan fingerprint density at radius 3 is 2.68 bits per heavy atom. The summed E-state index contributed by atoms with van der Waals surface area (Å²) in [6.45, 7) is 1.93. The molecule has 0 aliphatic carbocycles. The topological polar surface area (TPSA) is 43.1 Å². The summed E-state index contributed by atoms with van der Waals surface area (Å²) in [6.07, 6.45) is 0.561. The van der Waals surface area contributed by atoms with Crippen molar-refractivity contribution in [1.29, 1.82) is 0 Å². The Bertz CT molecular complexity index is 595.